The van der Waals surface area contributed by atoms with Crippen LogP contribution in [0.3, 0.4) is 0 Å². The fourth-order valence-corrected chi connectivity index (χ4v) is 3.04. The van der Waals surface area contributed by atoms with Crippen LogP contribution >= 0.6 is 0 Å². The van der Waals surface area contributed by atoms with Crippen LogP contribution < -0.4 is 5.32 Å². The van der Waals surface area contributed by atoms with E-state index in [-0.39, 0.29) is 17.8 Å². The summed E-state index contributed by atoms with van der Waals surface area (Å²) in [4.78, 5) is 8.95. The van der Waals surface area contributed by atoms with Crippen molar-refractivity contribution in [1.82, 2.24) is 19.7 Å². The summed E-state index contributed by atoms with van der Waals surface area (Å²) >= 11 is 0. The third kappa shape index (κ3) is 2.75. The van der Waals surface area contributed by atoms with Crippen molar-refractivity contribution >= 4 is 5.82 Å². The molecule has 4 rings (SSSR count). The van der Waals surface area contributed by atoms with Gasteiger partial charge >= 0.3 is 0 Å². The van der Waals surface area contributed by atoms with Gasteiger partial charge in [0.25, 0.3) is 0 Å². The summed E-state index contributed by atoms with van der Waals surface area (Å²) in [5, 5.41) is 17.0. The first-order chi connectivity index (χ1) is 12.9. The van der Waals surface area contributed by atoms with Crippen molar-refractivity contribution in [2.75, 3.05) is 5.32 Å². The summed E-state index contributed by atoms with van der Waals surface area (Å²) in [7, 11) is 0. The second-order valence-corrected chi connectivity index (χ2v) is 6.96. The molecule has 1 aliphatic heterocycles. The number of nitriles is 1. The molecule has 27 heavy (non-hydrogen) atoms. The number of hydrogen-bond donors (Lipinski definition) is 1. The van der Waals surface area contributed by atoms with E-state index in [1.165, 1.54) is 10.7 Å². The SMILES string of the molecule is C=C1Nc2nc(-c3cc(C#N)n(Cc4ccccc4F)n3)ncc2C1(C)C. The van der Waals surface area contributed by atoms with Crippen molar-refractivity contribution in [3.63, 3.8) is 0 Å². The second kappa shape index (κ2) is 6.02. The summed E-state index contributed by atoms with van der Waals surface area (Å²) in [5.41, 5.74) is 2.79. The van der Waals surface area contributed by atoms with Gasteiger partial charge in [0.15, 0.2) is 5.82 Å². The number of nitrogens with one attached hydrogen (secondary N) is 1. The summed E-state index contributed by atoms with van der Waals surface area (Å²) in [5.74, 6) is 0.754. The molecule has 1 aliphatic rings. The van der Waals surface area contributed by atoms with Crippen molar-refractivity contribution in [3.8, 4) is 17.6 Å². The highest BCUT2D eigenvalue weighted by Gasteiger charge is 2.35. The normalized spacial score (nSPS) is 14.5. The number of aromatic nitrogens is 4. The van der Waals surface area contributed by atoms with Crippen LogP contribution in [-0.4, -0.2) is 19.7 Å². The van der Waals surface area contributed by atoms with Crippen LogP contribution in [0.5, 0.6) is 0 Å². The van der Waals surface area contributed by atoms with Gasteiger partial charge in [0.2, 0.25) is 0 Å². The Hall–Kier alpha value is -3.53. The van der Waals surface area contributed by atoms with Gasteiger partial charge in [-0.2, -0.15) is 10.4 Å². The van der Waals surface area contributed by atoms with Gasteiger partial charge in [0, 0.05) is 34.5 Å². The molecule has 7 heteroatoms. The summed E-state index contributed by atoms with van der Waals surface area (Å²) < 4.78 is 15.4. The van der Waals surface area contributed by atoms with Crippen molar-refractivity contribution in [3.05, 3.63) is 71.4 Å². The lowest BCUT2D eigenvalue weighted by molar-refractivity contribution is 0.583. The van der Waals surface area contributed by atoms with Gasteiger partial charge < -0.3 is 5.32 Å². The lowest BCUT2D eigenvalue weighted by atomic mass is 9.86. The number of fused-ring (bicyclic) bond motifs is 1. The monoisotopic (exact) mass is 360 g/mol. The standard InChI is InChI=1S/C20H17FN6/c1-12-20(2,3)15-10-23-19(25-18(15)24-12)17-8-14(9-22)27(26-17)11-13-6-4-5-7-16(13)21/h4-8,10H,1,11H2,2-3H3,(H,23,24,25). The third-order valence-electron chi connectivity index (χ3n) is 4.89. The zero-order chi connectivity index (χ0) is 19.2. The summed E-state index contributed by atoms with van der Waals surface area (Å²) in [6.07, 6.45) is 1.75. The van der Waals surface area contributed by atoms with Gasteiger partial charge in [-0.05, 0) is 6.07 Å². The largest absolute Gasteiger partial charge is 0.343 e. The Balaban J connectivity index is 1.72. The molecule has 0 saturated carbocycles. The molecule has 0 radical (unpaired) electrons. The molecule has 0 atom stereocenters. The molecular formula is C20H17FN6. The van der Waals surface area contributed by atoms with Crippen LogP contribution in [0.2, 0.25) is 0 Å². The first-order valence-electron chi connectivity index (χ1n) is 8.46. The molecule has 0 saturated heterocycles. The molecule has 0 fully saturated rings. The highest BCUT2D eigenvalue weighted by atomic mass is 19.1. The van der Waals surface area contributed by atoms with Crippen LogP contribution in [0.25, 0.3) is 11.5 Å². The zero-order valence-electron chi connectivity index (χ0n) is 15.0. The van der Waals surface area contributed by atoms with Crippen LogP contribution in [0.15, 0.2) is 48.8 Å². The van der Waals surface area contributed by atoms with E-state index in [0.717, 1.165) is 11.3 Å². The van der Waals surface area contributed by atoms with E-state index in [4.69, 9.17) is 0 Å². The highest BCUT2D eigenvalue weighted by Crippen LogP contribution is 2.41. The van der Waals surface area contributed by atoms with E-state index in [9.17, 15) is 9.65 Å². The van der Waals surface area contributed by atoms with E-state index in [2.05, 4.69) is 33.0 Å². The average molecular weight is 360 g/mol. The first kappa shape index (κ1) is 16.9. The maximum absolute atomic E-state index is 13.9. The average Bonchev–Trinajstić information content (AvgIpc) is 3.15. The molecule has 3 aromatic rings. The fourth-order valence-electron chi connectivity index (χ4n) is 3.04. The van der Waals surface area contributed by atoms with E-state index >= 15 is 0 Å². The van der Waals surface area contributed by atoms with E-state index in [1.54, 1.807) is 30.5 Å². The third-order valence-corrected chi connectivity index (χ3v) is 4.89. The molecule has 0 spiro atoms. The Kier molecular flexibility index (Phi) is 3.77. The van der Waals surface area contributed by atoms with Crippen LogP contribution in [0.4, 0.5) is 10.2 Å². The fraction of sp³-hybridized carbons (Fsp3) is 0.200. The number of nitrogens with zero attached hydrogens (tertiary/aromatic N) is 5. The van der Waals surface area contributed by atoms with E-state index in [1.807, 2.05) is 13.8 Å². The molecule has 2 aromatic heterocycles. The zero-order valence-corrected chi connectivity index (χ0v) is 15.0. The van der Waals surface area contributed by atoms with E-state index < -0.39 is 0 Å². The van der Waals surface area contributed by atoms with Gasteiger partial charge in [-0.15, -0.1) is 0 Å². The van der Waals surface area contributed by atoms with Gasteiger partial charge in [-0.25, -0.2) is 19.0 Å². The predicted octanol–water partition coefficient (Wildman–Crippen LogP) is 3.62. The Morgan fingerprint density at radius 3 is 2.85 bits per heavy atom. The van der Waals surface area contributed by atoms with Crippen molar-refractivity contribution in [2.24, 2.45) is 0 Å². The van der Waals surface area contributed by atoms with Crippen LogP contribution in [0, 0.1) is 17.1 Å². The molecular weight excluding hydrogens is 343 g/mol. The quantitative estimate of drug-likeness (QED) is 0.772. The number of rotatable bonds is 3. The van der Waals surface area contributed by atoms with Gasteiger partial charge in [-0.1, -0.05) is 38.6 Å². The molecule has 0 aliphatic carbocycles. The lowest BCUT2D eigenvalue weighted by Crippen LogP contribution is -2.16. The molecule has 1 N–H and O–H groups in total. The van der Waals surface area contributed by atoms with Crippen LogP contribution in [-0.2, 0) is 12.0 Å². The van der Waals surface area contributed by atoms with Crippen molar-refractivity contribution < 1.29 is 4.39 Å². The summed E-state index contributed by atoms with van der Waals surface area (Å²) in [6.45, 7) is 8.29. The smallest absolute Gasteiger partial charge is 0.182 e. The second-order valence-electron chi connectivity index (χ2n) is 6.96. The maximum Gasteiger partial charge on any atom is 0.182 e. The topological polar surface area (TPSA) is 79.4 Å². The minimum absolute atomic E-state index is 0.155. The molecule has 3 heterocycles. The molecule has 134 valence electrons. The predicted molar refractivity (Wildman–Crippen MR) is 99.3 cm³/mol. The minimum atomic E-state index is -0.336. The van der Waals surface area contributed by atoms with Gasteiger partial charge in [0.05, 0.1) is 6.54 Å². The van der Waals surface area contributed by atoms with Gasteiger partial charge in [0.1, 0.15) is 29.1 Å². The van der Waals surface area contributed by atoms with Gasteiger partial charge in [-0.3, -0.25) is 0 Å². The van der Waals surface area contributed by atoms with Crippen LogP contribution in [0.1, 0.15) is 30.7 Å². The van der Waals surface area contributed by atoms with E-state index in [0.29, 0.717) is 28.6 Å². The Morgan fingerprint density at radius 2 is 2.11 bits per heavy atom. The number of allylic oxidation sites excluding steroid dienone is 1. The summed E-state index contributed by atoms with van der Waals surface area (Å²) in [6, 6.07) is 10.1. The minimum Gasteiger partial charge on any atom is -0.343 e. The first-order valence-corrected chi connectivity index (χ1v) is 8.46. The number of anilines is 1. The van der Waals surface area contributed by atoms with Crippen molar-refractivity contribution in [1.29, 1.82) is 5.26 Å². The Labute approximate surface area is 156 Å². The number of hydrogen-bond acceptors (Lipinski definition) is 5. The molecule has 1 aromatic carbocycles. The highest BCUT2D eigenvalue weighted by molar-refractivity contribution is 5.65. The lowest BCUT2D eigenvalue weighted by Gasteiger charge is -2.17. The molecule has 6 nitrogen and oxygen atoms in total. The molecule has 0 unspecified atom stereocenters. The number of benzene rings is 1. The molecule has 0 amide bonds. The Bertz CT molecular complexity index is 1110. The Morgan fingerprint density at radius 1 is 1.33 bits per heavy atom. The van der Waals surface area contributed by atoms with Crippen molar-refractivity contribution in [2.45, 2.75) is 25.8 Å². The maximum atomic E-state index is 13.9. The number of halogens is 1. The molecule has 0 bridgehead atoms.